The Hall–Kier alpha value is -2.82. The van der Waals surface area contributed by atoms with Gasteiger partial charge < -0.3 is 20.5 Å². The van der Waals surface area contributed by atoms with Gasteiger partial charge in [0.25, 0.3) is 5.91 Å². The van der Waals surface area contributed by atoms with Crippen molar-refractivity contribution in [3.05, 3.63) is 58.6 Å². The Kier molecular flexibility index (Phi) is 8.48. The molecule has 11 heteroatoms. The number of para-hydroxylation sites is 1. The van der Waals surface area contributed by atoms with Gasteiger partial charge in [-0.05, 0) is 36.9 Å². The van der Waals surface area contributed by atoms with Gasteiger partial charge in [0.15, 0.2) is 0 Å². The molecule has 1 aliphatic heterocycles. The number of carbonyl (C=O) groups excluding carboxylic acids is 1. The summed E-state index contributed by atoms with van der Waals surface area (Å²) >= 11 is 6.28. The van der Waals surface area contributed by atoms with Crippen LogP contribution in [-0.2, 0) is 16.1 Å². The van der Waals surface area contributed by atoms with Crippen molar-refractivity contribution in [1.29, 1.82) is 0 Å². The SMILES string of the molecule is COCC1CN(C(=O)c2ccc(N)cc2Cl)c2ccccc2CN1C.O=C(O)C(F)(F)F. The van der Waals surface area contributed by atoms with Crippen LogP contribution in [0.5, 0.6) is 0 Å². The Morgan fingerprint density at radius 3 is 2.44 bits per heavy atom. The van der Waals surface area contributed by atoms with E-state index >= 15 is 0 Å². The molecule has 1 atom stereocenters. The fourth-order valence-electron chi connectivity index (χ4n) is 3.17. The zero-order valence-corrected chi connectivity index (χ0v) is 18.2. The molecule has 2 aromatic rings. The van der Waals surface area contributed by atoms with E-state index < -0.39 is 12.1 Å². The summed E-state index contributed by atoms with van der Waals surface area (Å²) in [7, 11) is 3.72. The first-order valence-corrected chi connectivity index (χ1v) is 9.77. The first kappa shape index (κ1) is 25.4. The minimum atomic E-state index is -5.08. The van der Waals surface area contributed by atoms with Gasteiger partial charge in [-0.3, -0.25) is 9.69 Å². The van der Waals surface area contributed by atoms with Gasteiger partial charge in [0.1, 0.15) is 0 Å². The zero-order chi connectivity index (χ0) is 24.1. The van der Waals surface area contributed by atoms with Crippen LogP contribution in [0, 0.1) is 0 Å². The van der Waals surface area contributed by atoms with Crippen molar-refractivity contribution in [3.8, 4) is 0 Å². The molecule has 32 heavy (non-hydrogen) atoms. The maximum Gasteiger partial charge on any atom is 0.490 e. The molecule has 1 aliphatic rings. The first-order chi connectivity index (χ1) is 15.0. The van der Waals surface area contributed by atoms with Crippen molar-refractivity contribution in [3.63, 3.8) is 0 Å². The number of ether oxygens (including phenoxy) is 1. The van der Waals surface area contributed by atoms with Gasteiger partial charge in [0.05, 0.1) is 23.2 Å². The number of carboxylic acid groups (broad SMARTS) is 1. The number of fused-ring (bicyclic) bond motifs is 1. The van der Waals surface area contributed by atoms with E-state index in [1.165, 1.54) is 0 Å². The maximum atomic E-state index is 13.2. The van der Waals surface area contributed by atoms with E-state index in [1.54, 1.807) is 30.2 Å². The molecule has 1 unspecified atom stereocenters. The third-order valence-electron chi connectivity index (χ3n) is 4.79. The number of rotatable bonds is 3. The molecule has 0 fully saturated rings. The van der Waals surface area contributed by atoms with E-state index in [4.69, 9.17) is 32.0 Å². The summed E-state index contributed by atoms with van der Waals surface area (Å²) in [6, 6.07) is 13.0. The Bertz CT molecular complexity index is 972. The minimum Gasteiger partial charge on any atom is -0.475 e. The second kappa shape index (κ2) is 10.7. The van der Waals surface area contributed by atoms with E-state index in [2.05, 4.69) is 4.90 Å². The number of carbonyl (C=O) groups is 2. The lowest BCUT2D eigenvalue weighted by molar-refractivity contribution is -0.192. The Morgan fingerprint density at radius 2 is 1.88 bits per heavy atom. The molecule has 3 rings (SSSR count). The number of carboxylic acids is 1. The van der Waals surface area contributed by atoms with Crippen LogP contribution in [0.4, 0.5) is 24.5 Å². The number of hydrogen-bond donors (Lipinski definition) is 2. The molecule has 0 radical (unpaired) electrons. The summed E-state index contributed by atoms with van der Waals surface area (Å²) in [5, 5.41) is 7.49. The van der Waals surface area contributed by atoms with Crippen LogP contribution in [0.1, 0.15) is 15.9 Å². The van der Waals surface area contributed by atoms with E-state index in [9.17, 15) is 18.0 Å². The molecule has 0 aliphatic carbocycles. The molecule has 2 aromatic carbocycles. The van der Waals surface area contributed by atoms with Gasteiger partial charge in [-0.2, -0.15) is 13.2 Å². The smallest absolute Gasteiger partial charge is 0.475 e. The molecule has 1 amide bonds. The summed E-state index contributed by atoms with van der Waals surface area (Å²) in [5.41, 5.74) is 8.75. The van der Waals surface area contributed by atoms with Crippen LogP contribution < -0.4 is 10.6 Å². The van der Waals surface area contributed by atoms with Gasteiger partial charge in [-0.1, -0.05) is 29.8 Å². The Labute approximate surface area is 188 Å². The van der Waals surface area contributed by atoms with Crippen molar-refractivity contribution >= 4 is 34.9 Å². The number of nitrogens with zero attached hydrogens (tertiary/aromatic N) is 2. The van der Waals surface area contributed by atoms with E-state index in [-0.39, 0.29) is 11.9 Å². The lowest BCUT2D eigenvalue weighted by Gasteiger charge is -2.29. The minimum absolute atomic E-state index is 0.0916. The number of alkyl halides is 3. The average molecular weight is 474 g/mol. The predicted octanol–water partition coefficient (Wildman–Crippen LogP) is 3.66. The van der Waals surface area contributed by atoms with Crippen molar-refractivity contribution in [2.45, 2.75) is 18.8 Å². The maximum absolute atomic E-state index is 13.2. The largest absolute Gasteiger partial charge is 0.490 e. The number of likely N-dealkylation sites (N-methyl/N-ethyl adjacent to an activating group) is 1. The first-order valence-electron chi connectivity index (χ1n) is 9.39. The van der Waals surface area contributed by atoms with Crippen molar-refractivity contribution < 1.29 is 32.6 Å². The molecule has 7 nitrogen and oxygen atoms in total. The van der Waals surface area contributed by atoms with Gasteiger partial charge in [-0.15, -0.1) is 0 Å². The standard InChI is InChI=1S/C19H22ClN3O2.C2HF3O2/c1-22-10-13-5-3-4-6-18(13)23(11-15(22)12-25-2)19(24)16-8-7-14(21)9-17(16)20;3-2(4,5)1(6)7/h3-9,15H,10-12,21H2,1-2H3;(H,6,7). The highest BCUT2D eigenvalue weighted by Crippen LogP contribution is 2.30. The Morgan fingerprint density at radius 1 is 1.25 bits per heavy atom. The number of hydrogen-bond acceptors (Lipinski definition) is 5. The highest BCUT2D eigenvalue weighted by Gasteiger charge is 2.38. The van der Waals surface area contributed by atoms with Crippen LogP contribution in [0.3, 0.4) is 0 Å². The summed E-state index contributed by atoms with van der Waals surface area (Å²) < 4.78 is 37.1. The third kappa shape index (κ3) is 6.35. The lowest BCUT2D eigenvalue weighted by Crippen LogP contribution is -2.44. The monoisotopic (exact) mass is 473 g/mol. The van der Waals surface area contributed by atoms with Gasteiger partial charge in [-0.25, -0.2) is 4.79 Å². The summed E-state index contributed by atoms with van der Waals surface area (Å²) in [4.78, 5) is 26.1. The fraction of sp³-hybridized carbons (Fsp3) is 0.333. The van der Waals surface area contributed by atoms with Crippen molar-refractivity contribution in [2.24, 2.45) is 0 Å². The number of nitrogen functional groups attached to an aromatic ring is 1. The molecular weight excluding hydrogens is 451 g/mol. The van der Waals surface area contributed by atoms with E-state index in [0.717, 1.165) is 17.8 Å². The lowest BCUT2D eigenvalue weighted by atomic mass is 10.1. The second-order valence-corrected chi connectivity index (χ2v) is 7.52. The number of amides is 1. The van der Waals surface area contributed by atoms with Crippen molar-refractivity contribution in [1.82, 2.24) is 4.90 Å². The molecular formula is C21H23ClF3N3O4. The quantitative estimate of drug-likeness (QED) is 0.660. The number of aliphatic carboxylic acids is 1. The zero-order valence-electron chi connectivity index (χ0n) is 17.4. The van der Waals surface area contributed by atoms with E-state index in [1.807, 2.05) is 31.3 Å². The normalized spacial score (nSPS) is 16.4. The topological polar surface area (TPSA) is 96.1 Å². The molecule has 0 saturated heterocycles. The molecule has 0 bridgehead atoms. The second-order valence-electron chi connectivity index (χ2n) is 7.11. The number of methoxy groups -OCH3 is 1. The summed E-state index contributed by atoms with van der Waals surface area (Å²) in [5.74, 6) is -2.89. The van der Waals surface area contributed by atoms with Gasteiger partial charge >= 0.3 is 12.1 Å². The van der Waals surface area contributed by atoms with Crippen LogP contribution in [-0.4, -0.2) is 61.4 Å². The van der Waals surface area contributed by atoms with Gasteiger partial charge in [0.2, 0.25) is 0 Å². The molecule has 0 saturated carbocycles. The number of benzene rings is 2. The van der Waals surface area contributed by atoms with Crippen molar-refractivity contribution in [2.75, 3.05) is 37.9 Å². The Balaban J connectivity index is 0.000000451. The molecule has 174 valence electrons. The highest BCUT2D eigenvalue weighted by molar-refractivity contribution is 6.34. The number of nitrogens with two attached hydrogens (primary N) is 1. The highest BCUT2D eigenvalue weighted by atomic mass is 35.5. The van der Waals surface area contributed by atoms with Crippen LogP contribution in [0.2, 0.25) is 5.02 Å². The third-order valence-corrected chi connectivity index (χ3v) is 5.10. The van der Waals surface area contributed by atoms with Crippen LogP contribution >= 0.6 is 11.6 Å². The average Bonchev–Trinajstić information content (AvgIpc) is 2.84. The van der Waals surface area contributed by atoms with Crippen LogP contribution in [0.15, 0.2) is 42.5 Å². The number of anilines is 2. The number of halogens is 4. The molecule has 0 aromatic heterocycles. The fourth-order valence-corrected chi connectivity index (χ4v) is 3.44. The summed E-state index contributed by atoms with van der Waals surface area (Å²) in [6.07, 6.45) is -5.08. The molecule has 1 heterocycles. The predicted molar refractivity (Wildman–Crippen MR) is 115 cm³/mol. The molecule has 0 spiro atoms. The molecule has 3 N–H and O–H groups in total. The van der Waals surface area contributed by atoms with Crippen LogP contribution in [0.25, 0.3) is 0 Å². The summed E-state index contributed by atoms with van der Waals surface area (Å²) in [6.45, 7) is 1.83. The van der Waals surface area contributed by atoms with E-state index in [0.29, 0.717) is 29.4 Å². The van der Waals surface area contributed by atoms with Gasteiger partial charge in [0, 0.05) is 31.6 Å².